The van der Waals surface area contributed by atoms with Gasteiger partial charge < -0.3 is 49.2 Å². The molecule has 0 aliphatic carbocycles. The van der Waals surface area contributed by atoms with Gasteiger partial charge in [-0.15, -0.1) is 5.06 Å². The van der Waals surface area contributed by atoms with Crippen molar-refractivity contribution in [3.8, 4) is 0 Å². The largest absolute Gasteiger partial charge is 0.460 e. The Balaban J connectivity index is 0.00000147. The maximum absolute atomic E-state index is 12.6. The molecule has 3 N–H and O–H groups in total. The van der Waals surface area contributed by atoms with Gasteiger partial charge in [0.2, 0.25) is 17.7 Å². The summed E-state index contributed by atoms with van der Waals surface area (Å²) in [7, 11) is 1.54. The quantitative estimate of drug-likeness (QED) is 0.0359. The van der Waals surface area contributed by atoms with E-state index in [2.05, 4.69) is 20.8 Å². The van der Waals surface area contributed by atoms with E-state index in [1.807, 2.05) is 27.7 Å². The molecule has 1 fully saturated rings. The number of hydroxylamine groups is 2. The Morgan fingerprint density at radius 3 is 1.56 bits per heavy atom. The molecule has 68 heavy (non-hydrogen) atoms. The zero-order chi connectivity index (χ0) is 51.1. The topological polar surface area (TPSA) is 240 Å². The van der Waals surface area contributed by atoms with E-state index in [9.17, 15) is 38.4 Å². The van der Waals surface area contributed by atoms with E-state index in [0.717, 1.165) is 38.5 Å². The third-order valence-corrected chi connectivity index (χ3v) is 9.74. The number of nitrogens with zero attached hydrogens (tertiary/aromatic N) is 1. The number of hydrogen-bond acceptors (Lipinski definition) is 15. The third-order valence-electron chi connectivity index (χ3n) is 9.74. The molecule has 0 radical (unpaired) electrons. The smallest absolute Gasteiger partial charge is 0.358 e. The highest BCUT2D eigenvalue weighted by atomic mass is 16.7. The van der Waals surface area contributed by atoms with Crippen molar-refractivity contribution in [1.82, 2.24) is 21.0 Å². The van der Waals surface area contributed by atoms with Gasteiger partial charge in [-0.1, -0.05) is 84.0 Å². The summed E-state index contributed by atoms with van der Waals surface area (Å²) in [4.78, 5) is 98.7. The standard InChI is InChI=1S/C34H64N2O6.C15H24N2O9/c1-8-27-35-29(37)26-25-28(32(40)42-34(5,6)7)36-30(38)23-21-19-17-15-13-11-9-10-12-14-16-18-20-22-24-31(39)41-33(2,3)4;1-22-6-7-24-10-12(18)16-4-5-23-8-9-25-11-15(21)26-17-13(19)2-3-14(17)20/h28H,8-27H2,1-7H3,(H,35,37)(H,36,38);2-11H2,1H3,(H,16,18)/t28-;/m0./s1. The highest BCUT2D eigenvalue weighted by Crippen LogP contribution is 2.16. The van der Waals surface area contributed by atoms with Crippen LogP contribution in [0.4, 0.5) is 0 Å². The van der Waals surface area contributed by atoms with Crippen molar-refractivity contribution in [2.75, 3.05) is 66.4 Å². The predicted molar refractivity (Wildman–Crippen MR) is 255 cm³/mol. The number of carbonyl (C=O) groups excluding carboxylic acids is 8. The van der Waals surface area contributed by atoms with Gasteiger partial charge in [-0.05, 0) is 67.2 Å². The van der Waals surface area contributed by atoms with Crippen LogP contribution in [-0.2, 0) is 71.6 Å². The third kappa shape index (κ3) is 39.8. The lowest BCUT2D eigenvalue weighted by Gasteiger charge is -2.24. The number of methoxy groups -OCH3 is 1. The zero-order valence-corrected chi connectivity index (χ0v) is 42.9. The molecule has 0 bridgehead atoms. The van der Waals surface area contributed by atoms with Gasteiger partial charge in [0.1, 0.15) is 30.5 Å². The van der Waals surface area contributed by atoms with Crippen molar-refractivity contribution >= 4 is 47.4 Å². The fourth-order valence-corrected chi connectivity index (χ4v) is 6.37. The number of amides is 5. The Morgan fingerprint density at radius 1 is 0.544 bits per heavy atom. The zero-order valence-electron chi connectivity index (χ0n) is 42.9. The monoisotopic (exact) mass is 973 g/mol. The van der Waals surface area contributed by atoms with Crippen LogP contribution in [0.1, 0.15) is 183 Å². The summed E-state index contributed by atoms with van der Waals surface area (Å²) in [6, 6.07) is -0.812. The predicted octanol–water partition coefficient (Wildman–Crippen LogP) is 6.11. The van der Waals surface area contributed by atoms with E-state index in [1.54, 1.807) is 27.9 Å². The van der Waals surface area contributed by atoms with Crippen LogP contribution in [0.5, 0.6) is 0 Å². The number of nitrogens with one attached hydrogen (secondary N) is 3. The molecule has 394 valence electrons. The van der Waals surface area contributed by atoms with Crippen LogP contribution in [0.15, 0.2) is 0 Å². The number of carbonyl (C=O) groups is 8. The fraction of sp³-hybridized carbons (Fsp3) is 0.837. The van der Waals surface area contributed by atoms with Gasteiger partial charge in [0.25, 0.3) is 11.8 Å². The van der Waals surface area contributed by atoms with Crippen LogP contribution < -0.4 is 16.0 Å². The maximum atomic E-state index is 12.6. The summed E-state index contributed by atoms with van der Waals surface area (Å²) in [5.74, 6) is -3.04. The van der Waals surface area contributed by atoms with E-state index in [4.69, 9.17) is 28.4 Å². The lowest BCUT2D eigenvalue weighted by atomic mass is 10.0. The van der Waals surface area contributed by atoms with Crippen LogP contribution in [-0.4, -0.2) is 136 Å². The molecule has 0 spiro atoms. The summed E-state index contributed by atoms with van der Waals surface area (Å²) in [5, 5.41) is 8.67. The first-order valence-electron chi connectivity index (χ1n) is 24.8. The molecule has 5 amide bonds. The van der Waals surface area contributed by atoms with Crippen molar-refractivity contribution in [1.29, 1.82) is 0 Å². The second-order valence-electron chi connectivity index (χ2n) is 18.7. The lowest BCUT2D eigenvalue weighted by Crippen LogP contribution is -2.44. The number of imide groups is 1. The minimum Gasteiger partial charge on any atom is -0.460 e. The first-order chi connectivity index (χ1) is 32.3. The number of esters is 2. The molecular formula is C49H88N4O15. The average molecular weight is 973 g/mol. The van der Waals surface area contributed by atoms with Gasteiger partial charge >= 0.3 is 17.9 Å². The highest BCUT2D eigenvalue weighted by molar-refractivity contribution is 6.01. The van der Waals surface area contributed by atoms with Crippen LogP contribution in [0.25, 0.3) is 0 Å². The second kappa shape index (κ2) is 39.6. The fourth-order valence-electron chi connectivity index (χ4n) is 6.37. The van der Waals surface area contributed by atoms with Crippen molar-refractivity contribution in [2.24, 2.45) is 0 Å². The Hall–Kier alpha value is -4.20. The summed E-state index contributed by atoms with van der Waals surface area (Å²) in [6.07, 6.45) is 18.4. The van der Waals surface area contributed by atoms with Crippen molar-refractivity contribution < 1.29 is 71.6 Å². The van der Waals surface area contributed by atoms with Crippen LogP contribution in [0.3, 0.4) is 0 Å². The van der Waals surface area contributed by atoms with E-state index in [1.165, 1.54) is 57.8 Å². The highest BCUT2D eigenvalue weighted by Gasteiger charge is 2.33. The van der Waals surface area contributed by atoms with Crippen LogP contribution >= 0.6 is 0 Å². The molecule has 0 aromatic rings. The van der Waals surface area contributed by atoms with Gasteiger partial charge in [-0.2, -0.15) is 0 Å². The normalized spacial score (nSPS) is 13.0. The van der Waals surface area contributed by atoms with Crippen LogP contribution in [0, 0.1) is 0 Å². The molecule has 0 unspecified atom stereocenters. The minimum atomic E-state index is -0.839. The van der Waals surface area contributed by atoms with Gasteiger partial charge in [-0.25, -0.2) is 9.59 Å². The van der Waals surface area contributed by atoms with Crippen LogP contribution in [0.2, 0.25) is 0 Å². The molecule has 0 saturated carbocycles. The summed E-state index contributed by atoms with van der Waals surface area (Å²) in [5.41, 5.74) is -1.04. The lowest BCUT2D eigenvalue weighted by molar-refractivity contribution is -0.200. The molecular weight excluding hydrogens is 885 g/mol. The molecule has 1 aliphatic heterocycles. The molecule has 1 atom stereocenters. The minimum absolute atomic E-state index is 0.0383. The van der Waals surface area contributed by atoms with E-state index < -0.39 is 42.0 Å². The number of rotatable bonds is 38. The van der Waals surface area contributed by atoms with Gasteiger partial charge in [-0.3, -0.25) is 28.8 Å². The molecule has 1 aliphatic rings. The van der Waals surface area contributed by atoms with Crippen molar-refractivity contribution in [2.45, 2.75) is 201 Å². The van der Waals surface area contributed by atoms with Gasteiger partial charge in [0, 0.05) is 52.3 Å². The Kier molecular flexibility index (Phi) is 37.2. The average Bonchev–Trinajstić information content (AvgIpc) is 3.57. The van der Waals surface area contributed by atoms with E-state index in [-0.39, 0.29) is 81.4 Å². The van der Waals surface area contributed by atoms with Crippen molar-refractivity contribution in [3.63, 3.8) is 0 Å². The SMILES string of the molecule is CCCNC(=O)CC[C@H](NC(=O)CCCCCCCCCCCCCCCCC(=O)OC(C)(C)C)C(=O)OC(C)(C)C.COCCOCC(=O)NCCOCCOCC(=O)ON1C(=O)CCC1=O. The van der Waals surface area contributed by atoms with Gasteiger partial charge in [0.05, 0.1) is 33.0 Å². The molecule has 19 heteroatoms. The maximum Gasteiger partial charge on any atom is 0.358 e. The first kappa shape index (κ1) is 63.8. The molecule has 1 saturated heterocycles. The number of ether oxygens (including phenoxy) is 6. The Bertz CT molecular complexity index is 1430. The molecule has 0 aromatic carbocycles. The molecule has 1 rings (SSSR count). The number of unbranched alkanes of at least 4 members (excludes halogenated alkanes) is 13. The molecule has 1 heterocycles. The molecule has 0 aromatic heterocycles. The summed E-state index contributed by atoms with van der Waals surface area (Å²) >= 11 is 0. The van der Waals surface area contributed by atoms with Gasteiger partial charge in [0.15, 0.2) is 0 Å². The van der Waals surface area contributed by atoms with E-state index >= 15 is 0 Å². The van der Waals surface area contributed by atoms with Crippen molar-refractivity contribution in [3.05, 3.63) is 0 Å². The second-order valence-corrected chi connectivity index (χ2v) is 18.7. The Morgan fingerprint density at radius 2 is 1.03 bits per heavy atom. The molecule has 19 nitrogen and oxygen atoms in total. The number of hydrogen-bond donors (Lipinski definition) is 3. The van der Waals surface area contributed by atoms with E-state index in [0.29, 0.717) is 44.2 Å². The summed E-state index contributed by atoms with van der Waals surface area (Å²) < 4.78 is 30.8. The Labute approximate surface area is 406 Å². The first-order valence-corrected chi connectivity index (χ1v) is 24.8. The summed E-state index contributed by atoms with van der Waals surface area (Å²) in [6.45, 7) is 14.9.